The molecule has 0 spiro atoms. The van der Waals surface area contributed by atoms with Crippen molar-refractivity contribution in [1.29, 1.82) is 0 Å². The van der Waals surface area contributed by atoms with Gasteiger partial charge >= 0.3 is 5.97 Å². The molecule has 1 aliphatic heterocycles. The van der Waals surface area contributed by atoms with Gasteiger partial charge in [-0.05, 0) is 38.1 Å². The maximum atomic E-state index is 13.3. The fourth-order valence-corrected chi connectivity index (χ4v) is 7.06. The van der Waals surface area contributed by atoms with Crippen LogP contribution in [0.25, 0.3) is 0 Å². The number of nitrogens with zero attached hydrogens (tertiary/aromatic N) is 1. The molecule has 1 heterocycles. The normalized spacial score (nSPS) is 17.9. The molecule has 2 aromatic rings. The zero-order chi connectivity index (χ0) is 29.7. The molecule has 1 N–H and O–H groups in total. The van der Waals surface area contributed by atoms with Crippen molar-refractivity contribution in [2.24, 2.45) is 0 Å². The highest BCUT2D eigenvalue weighted by molar-refractivity contribution is 8.72. The molecular weight excluding hydrogens is 627 g/mol. The first-order chi connectivity index (χ1) is 18.7. The fraction of sp³-hybridized carbons (Fsp3) is 0.320. The molecule has 2 unspecified atom stereocenters. The second-order valence-electron chi connectivity index (χ2n) is 8.41. The number of halogens is 3. The van der Waals surface area contributed by atoms with Crippen molar-refractivity contribution in [1.82, 2.24) is 10.2 Å². The average molecular weight is 652 g/mol. The van der Waals surface area contributed by atoms with Crippen LogP contribution in [-0.4, -0.2) is 66.6 Å². The number of ether oxygens (including phenoxy) is 3. The Labute approximate surface area is 250 Å². The molecule has 3 rings (SSSR count). The van der Waals surface area contributed by atoms with Crippen LogP contribution in [0.5, 0.6) is 5.75 Å². The first-order valence-corrected chi connectivity index (χ1v) is 15.5. The molecule has 1 aliphatic rings. The number of para-hydroxylation sites is 1. The molecule has 2 atom stereocenters. The van der Waals surface area contributed by atoms with E-state index in [-0.39, 0.29) is 10.7 Å². The number of methoxy groups -OCH3 is 1. The number of rotatable bonds is 11. The maximum absolute atomic E-state index is 13.3. The van der Waals surface area contributed by atoms with Gasteiger partial charge < -0.3 is 19.5 Å². The third-order valence-electron chi connectivity index (χ3n) is 5.45. The van der Waals surface area contributed by atoms with Crippen molar-refractivity contribution in [2.75, 3.05) is 20.3 Å². The van der Waals surface area contributed by atoms with Gasteiger partial charge in [0.25, 0.3) is 11.8 Å². The zero-order valence-electron chi connectivity index (χ0n) is 21.4. The predicted molar refractivity (Wildman–Crippen MR) is 151 cm³/mol. The summed E-state index contributed by atoms with van der Waals surface area (Å²) < 4.78 is 40.3. The quantitative estimate of drug-likeness (QED) is 0.0960. The van der Waals surface area contributed by atoms with E-state index in [1.54, 1.807) is 49.4 Å². The van der Waals surface area contributed by atoms with Crippen LogP contribution in [0.15, 0.2) is 70.9 Å². The minimum Gasteiger partial charge on any atom is -0.499 e. The summed E-state index contributed by atoms with van der Waals surface area (Å²) in [7, 11) is -2.47. The second-order valence-corrected chi connectivity index (χ2v) is 14.9. The molecule has 0 saturated carbocycles. The van der Waals surface area contributed by atoms with E-state index >= 15 is 0 Å². The second kappa shape index (κ2) is 13.3. The van der Waals surface area contributed by atoms with Gasteiger partial charge in [0.1, 0.15) is 29.5 Å². The van der Waals surface area contributed by atoms with E-state index in [1.165, 1.54) is 26.2 Å². The summed E-state index contributed by atoms with van der Waals surface area (Å²) in [6.45, 7) is 2.07. The van der Waals surface area contributed by atoms with Crippen molar-refractivity contribution in [3.05, 3.63) is 71.6 Å². The van der Waals surface area contributed by atoms with Gasteiger partial charge in [-0.2, -0.15) is 0 Å². The number of carbonyl (C=O) groups is 3. The zero-order valence-corrected chi connectivity index (χ0v) is 25.3. The van der Waals surface area contributed by atoms with Crippen molar-refractivity contribution >= 4 is 72.2 Å². The summed E-state index contributed by atoms with van der Waals surface area (Å²) in [6.07, 6.45) is 0. The lowest BCUT2D eigenvalue weighted by Gasteiger charge is -2.46. The maximum Gasteiger partial charge on any atom is 0.358 e. The number of amides is 2. The van der Waals surface area contributed by atoms with E-state index in [0.29, 0.717) is 16.5 Å². The van der Waals surface area contributed by atoms with Crippen LogP contribution < -0.4 is 10.1 Å². The van der Waals surface area contributed by atoms with Crippen LogP contribution in [-0.2, 0) is 32.7 Å². The minimum absolute atomic E-state index is 0.0346. The Hall–Kier alpha value is -2.64. The third-order valence-corrected chi connectivity index (χ3v) is 9.49. The van der Waals surface area contributed by atoms with E-state index in [4.69, 9.17) is 49.0 Å². The summed E-state index contributed by atoms with van der Waals surface area (Å²) >= 11 is 17.1. The van der Waals surface area contributed by atoms with Gasteiger partial charge in [-0.25, -0.2) is 13.2 Å². The third kappa shape index (κ3) is 8.20. The Bertz CT molecular complexity index is 1380. The van der Waals surface area contributed by atoms with E-state index in [2.05, 4.69) is 5.32 Å². The molecule has 0 aromatic heterocycles. The Morgan fingerprint density at radius 1 is 1.07 bits per heavy atom. The van der Waals surface area contributed by atoms with Crippen LogP contribution in [0.3, 0.4) is 0 Å². The highest BCUT2D eigenvalue weighted by atomic mass is 35.6. The van der Waals surface area contributed by atoms with E-state index in [9.17, 15) is 22.8 Å². The van der Waals surface area contributed by atoms with E-state index in [1.807, 2.05) is 0 Å². The molecule has 40 heavy (non-hydrogen) atoms. The number of hydrogen-bond donors (Lipinski definition) is 1. The van der Waals surface area contributed by atoms with Gasteiger partial charge in [0.05, 0.1) is 12.0 Å². The number of hydrogen-bond acceptors (Lipinski definition) is 9. The van der Waals surface area contributed by atoms with E-state index < -0.39 is 60.8 Å². The molecule has 2 aromatic carbocycles. The highest BCUT2D eigenvalue weighted by Gasteiger charge is 2.55. The first-order valence-electron chi connectivity index (χ1n) is 11.5. The lowest BCUT2D eigenvalue weighted by molar-refractivity contribution is -0.153. The summed E-state index contributed by atoms with van der Waals surface area (Å²) in [4.78, 5) is 39.8. The number of nitrogens with one attached hydrogen (secondary N) is 1. The first kappa shape index (κ1) is 31.9. The molecule has 0 aliphatic carbocycles. The van der Waals surface area contributed by atoms with Gasteiger partial charge in [-0.15, -0.1) is 0 Å². The lowest BCUT2D eigenvalue weighted by Crippen LogP contribution is -2.70. The number of likely N-dealkylation sites (tertiary alicyclic amines) is 1. The summed E-state index contributed by atoms with van der Waals surface area (Å²) in [5.74, 6) is -2.23. The number of aryl methyl sites for hydroxylation is 1. The molecular formula is C25H25Cl3N2O8S2. The highest BCUT2D eigenvalue weighted by Crippen LogP contribution is 2.40. The number of esters is 1. The van der Waals surface area contributed by atoms with Crippen molar-refractivity contribution in [3.63, 3.8) is 0 Å². The van der Waals surface area contributed by atoms with Crippen molar-refractivity contribution in [2.45, 2.75) is 34.0 Å². The van der Waals surface area contributed by atoms with Gasteiger partial charge in [-0.1, -0.05) is 70.7 Å². The largest absolute Gasteiger partial charge is 0.499 e. The van der Waals surface area contributed by atoms with Crippen LogP contribution in [0.4, 0.5) is 0 Å². The summed E-state index contributed by atoms with van der Waals surface area (Å²) in [5.41, 5.74) is 0.426. The van der Waals surface area contributed by atoms with E-state index in [0.717, 1.165) is 10.5 Å². The number of carbonyl (C=O) groups excluding carboxylic acids is 3. The number of alkyl halides is 3. The minimum atomic E-state index is -4.08. The van der Waals surface area contributed by atoms with Gasteiger partial charge in [0.2, 0.25) is 12.7 Å². The predicted octanol–water partition coefficient (Wildman–Crippen LogP) is 3.94. The van der Waals surface area contributed by atoms with Crippen molar-refractivity contribution in [3.8, 4) is 5.75 Å². The summed E-state index contributed by atoms with van der Waals surface area (Å²) in [6, 6.07) is 13.2. The molecule has 15 heteroatoms. The average Bonchev–Trinajstić information content (AvgIpc) is 2.91. The fourth-order valence-electron chi connectivity index (χ4n) is 3.43. The van der Waals surface area contributed by atoms with Gasteiger partial charge in [-0.3, -0.25) is 14.5 Å². The molecule has 1 saturated heterocycles. The molecule has 0 bridgehead atoms. The lowest BCUT2D eigenvalue weighted by atomic mass is 10.1. The van der Waals surface area contributed by atoms with Crippen LogP contribution in [0.2, 0.25) is 0 Å². The molecule has 10 nitrogen and oxygen atoms in total. The van der Waals surface area contributed by atoms with Crippen LogP contribution in [0, 0.1) is 6.92 Å². The SMILES string of the molecule is COC(C)=C(C(=O)OCC(Cl)(Cl)Cl)N1C(=O)C(NC(=O)COc2ccccc2)C1SS(=O)(=O)c1ccc(C)cc1. The standard InChI is InChI=1S/C25H25Cl3N2O8S2/c1-15-9-11-18(12-10-15)40(34,35)39-23-20(29-19(31)13-37-17-7-5-4-6-8-17)22(32)30(23)21(16(2)36-3)24(33)38-14-25(26,27)28/h4-12,20,23H,13-14H2,1-3H3,(H,29,31). The van der Waals surface area contributed by atoms with Crippen molar-refractivity contribution < 1.29 is 37.0 Å². The van der Waals surface area contributed by atoms with Gasteiger partial charge in [0, 0.05) is 10.8 Å². The summed E-state index contributed by atoms with van der Waals surface area (Å²) in [5, 5.41) is 1.20. The van der Waals surface area contributed by atoms with Crippen LogP contribution >= 0.6 is 45.6 Å². The topological polar surface area (TPSA) is 128 Å². The smallest absolute Gasteiger partial charge is 0.358 e. The molecule has 1 fully saturated rings. The Morgan fingerprint density at radius 2 is 1.70 bits per heavy atom. The van der Waals surface area contributed by atoms with Gasteiger partial charge in [0.15, 0.2) is 12.3 Å². The molecule has 2 amide bonds. The molecule has 0 radical (unpaired) electrons. The Morgan fingerprint density at radius 3 is 2.27 bits per heavy atom. The number of allylic oxidation sites excluding steroid dienone is 1. The Kier molecular flexibility index (Phi) is 10.6. The number of benzene rings is 2. The monoisotopic (exact) mass is 650 g/mol. The molecule has 216 valence electrons. The Balaban J connectivity index is 1.90. The number of β-lactam (4-membered cyclic amide) rings is 1. The van der Waals surface area contributed by atoms with Crippen LogP contribution in [0.1, 0.15) is 12.5 Å².